The minimum absolute atomic E-state index is 0.583. The van der Waals surface area contributed by atoms with E-state index in [0.29, 0.717) is 13.2 Å². The number of benzene rings is 2. The molecular weight excluding hydrogens is 388 g/mol. The van der Waals surface area contributed by atoms with E-state index < -0.39 is 0 Å². The average Bonchev–Trinajstić information content (AvgIpc) is 2.77. The Balaban J connectivity index is 1.88. The first-order valence-corrected chi connectivity index (χ1v) is 10.9. The Bertz CT molecular complexity index is 824. The highest BCUT2D eigenvalue weighted by Crippen LogP contribution is 2.28. The van der Waals surface area contributed by atoms with Gasteiger partial charge < -0.3 is 14.3 Å². The van der Waals surface area contributed by atoms with Gasteiger partial charge in [0.05, 0.1) is 6.61 Å². The molecule has 0 amide bonds. The smallest absolute Gasteiger partial charge is 0.125 e. The molecule has 0 saturated heterocycles. The molecule has 31 heavy (non-hydrogen) atoms. The molecule has 0 heterocycles. The second kappa shape index (κ2) is 13.5. The van der Waals surface area contributed by atoms with Crippen molar-refractivity contribution in [2.75, 3.05) is 40.0 Å². The van der Waals surface area contributed by atoms with Crippen LogP contribution in [0, 0.1) is 13.8 Å². The predicted molar refractivity (Wildman–Crippen MR) is 128 cm³/mol. The highest BCUT2D eigenvalue weighted by atomic mass is 16.6. The summed E-state index contributed by atoms with van der Waals surface area (Å²) in [6, 6.07) is 14.2. The number of aryl methyl sites for hydroxylation is 2. The molecule has 0 aliphatic heterocycles. The molecule has 0 bridgehead atoms. The first-order valence-electron chi connectivity index (χ1n) is 10.9. The zero-order chi connectivity index (χ0) is 22.5. The van der Waals surface area contributed by atoms with Crippen LogP contribution in [0.25, 0.3) is 0 Å². The molecule has 5 heteroatoms. The summed E-state index contributed by atoms with van der Waals surface area (Å²) in [5.41, 5.74) is 4.22. The largest absolute Gasteiger partial charge is 0.493 e. The molecule has 2 aromatic rings. The number of hydrogen-bond donors (Lipinski definition) is 0. The van der Waals surface area contributed by atoms with E-state index in [1.54, 1.807) is 7.11 Å². The lowest BCUT2D eigenvalue weighted by Gasteiger charge is -2.21. The number of ether oxygens (including phenoxy) is 2. The molecule has 0 saturated carbocycles. The topological polar surface area (TPSA) is 43.3 Å². The summed E-state index contributed by atoms with van der Waals surface area (Å²) >= 11 is 0. The number of rotatable bonds is 13. The Morgan fingerprint density at radius 1 is 1.06 bits per heavy atom. The first-order chi connectivity index (χ1) is 15.1. The first kappa shape index (κ1) is 24.5. The fourth-order valence-corrected chi connectivity index (χ4v) is 3.40. The molecular formula is C26H36N2O3. The molecule has 168 valence electrons. The summed E-state index contributed by atoms with van der Waals surface area (Å²) in [5, 5.41) is 4.24. The maximum atomic E-state index is 6.13. The zero-order valence-electron chi connectivity index (χ0n) is 19.6. The van der Waals surface area contributed by atoms with Crippen molar-refractivity contribution in [2.45, 2.75) is 34.1 Å². The van der Waals surface area contributed by atoms with Gasteiger partial charge in [0.2, 0.25) is 0 Å². The van der Waals surface area contributed by atoms with Crippen LogP contribution in [0.4, 0.5) is 0 Å². The van der Waals surface area contributed by atoms with E-state index in [1.165, 1.54) is 0 Å². The molecule has 0 radical (unpaired) electrons. The van der Waals surface area contributed by atoms with Gasteiger partial charge in [0.15, 0.2) is 0 Å². The van der Waals surface area contributed by atoms with Crippen LogP contribution in [0.2, 0.25) is 0 Å². The monoisotopic (exact) mass is 424 g/mol. The molecule has 0 N–H and O–H groups in total. The number of likely N-dealkylation sites (N-methyl/N-ethyl adjacent to an activating group) is 1. The quantitative estimate of drug-likeness (QED) is 0.187. The summed E-state index contributed by atoms with van der Waals surface area (Å²) < 4.78 is 11.9. The fraction of sp³-hybridized carbons (Fsp3) is 0.423. The Kier molecular flexibility index (Phi) is 10.7. The van der Waals surface area contributed by atoms with Gasteiger partial charge in [-0.15, -0.1) is 0 Å². The molecule has 0 atom stereocenters. The third kappa shape index (κ3) is 8.10. The minimum atomic E-state index is 0.583. The minimum Gasteiger partial charge on any atom is -0.493 e. The molecule has 2 rings (SSSR count). The Labute approximate surface area is 187 Å². The van der Waals surface area contributed by atoms with Crippen molar-refractivity contribution in [1.82, 2.24) is 4.90 Å². The Hall–Kier alpha value is -2.79. The molecule has 0 fully saturated rings. The second-order valence-corrected chi connectivity index (χ2v) is 7.42. The van der Waals surface area contributed by atoms with Gasteiger partial charge in [0, 0.05) is 18.7 Å². The summed E-state index contributed by atoms with van der Waals surface area (Å²) in [5.74, 6) is 1.83. The van der Waals surface area contributed by atoms with Gasteiger partial charge in [-0.1, -0.05) is 54.6 Å². The van der Waals surface area contributed by atoms with Gasteiger partial charge in [0.1, 0.15) is 30.9 Å². The SMILES string of the molecule is C/C=C/COc1cc(C)c(OCCCN(CC)C/C(=N/OC)c2ccccc2)c(C)c1. The lowest BCUT2D eigenvalue weighted by molar-refractivity contribution is 0.209. The molecule has 5 nitrogen and oxygen atoms in total. The van der Waals surface area contributed by atoms with Crippen LogP contribution < -0.4 is 9.47 Å². The summed E-state index contributed by atoms with van der Waals surface area (Å²) in [6.45, 7) is 12.1. The fourth-order valence-electron chi connectivity index (χ4n) is 3.40. The van der Waals surface area contributed by atoms with Gasteiger partial charge in [0.25, 0.3) is 0 Å². The molecule has 2 aromatic carbocycles. The van der Waals surface area contributed by atoms with Crippen LogP contribution in [0.3, 0.4) is 0 Å². The van der Waals surface area contributed by atoms with E-state index in [4.69, 9.17) is 14.3 Å². The molecule has 0 aliphatic rings. The highest BCUT2D eigenvalue weighted by Gasteiger charge is 2.11. The van der Waals surface area contributed by atoms with Gasteiger partial charge in [-0.25, -0.2) is 0 Å². The van der Waals surface area contributed by atoms with Crippen molar-refractivity contribution < 1.29 is 14.3 Å². The second-order valence-electron chi connectivity index (χ2n) is 7.42. The average molecular weight is 425 g/mol. The van der Waals surface area contributed by atoms with E-state index in [0.717, 1.165) is 60.0 Å². The standard InChI is InChI=1S/C26H36N2O3/c1-6-8-16-30-24-18-21(3)26(22(4)19-24)31-17-12-15-28(7-2)20-25(27-29-5)23-13-10-9-11-14-23/h6,8-11,13-14,18-19H,7,12,15-17,20H2,1-5H3/b8-6+,27-25-. The summed E-state index contributed by atoms with van der Waals surface area (Å²) in [7, 11) is 1.59. The van der Waals surface area contributed by atoms with E-state index in [-0.39, 0.29) is 0 Å². The molecule has 0 spiro atoms. The normalized spacial score (nSPS) is 11.9. The predicted octanol–water partition coefficient (Wildman–Crippen LogP) is 5.40. The van der Waals surface area contributed by atoms with Gasteiger partial charge in [-0.3, -0.25) is 4.90 Å². The lowest BCUT2D eigenvalue weighted by Crippen LogP contribution is -2.32. The Morgan fingerprint density at radius 3 is 2.39 bits per heavy atom. The van der Waals surface area contributed by atoms with E-state index in [1.807, 2.05) is 49.4 Å². The van der Waals surface area contributed by atoms with Crippen LogP contribution in [-0.2, 0) is 4.84 Å². The van der Waals surface area contributed by atoms with Crippen LogP contribution in [-0.4, -0.2) is 50.6 Å². The van der Waals surface area contributed by atoms with E-state index in [2.05, 4.69) is 43.0 Å². The number of oxime groups is 1. The lowest BCUT2D eigenvalue weighted by atomic mass is 10.1. The maximum absolute atomic E-state index is 6.13. The van der Waals surface area contributed by atoms with Crippen LogP contribution in [0.5, 0.6) is 11.5 Å². The van der Waals surface area contributed by atoms with Crippen molar-refractivity contribution in [2.24, 2.45) is 5.16 Å². The van der Waals surface area contributed by atoms with Crippen LogP contribution >= 0.6 is 0 Å². The van der Waals surface area contributed by atoms with Gasteiger partial charge in [-0.05, 0) is 57.0 Å². The van der Waals surface area contributed by atoms with Crippen molar-refractivity contribution in [3.05, 3.63) is 71.3 Å². The maximum Gasteiger partial charge on any atom is 0.125 e. The number of hydrogen-bond acceptors (Lipinski definition) is 5. The summed E-state index contributed by atoms with van der Waals surface area (Å²) in [6.07, 6.45) is 4.91. The van der Waals surface area contributed by atoms with Crippen molar-refractivity contribution in [1.29, 1.82) is 0 Å². The number of allylic oxidation sites excluding steroid dienone is 1. The molecule has 0 unspecified atom stereocenters. The Morgan fingerprint density at radius 2 is 1.77 bits per heavy atom. The molecule has 0 aliphatic carbocycles. The summed E-state index contributed by atoms with van der Waals surface area (Å²) in [4.78, 5) is 7.43. The third-order valence-corrected chi connectivity index (χ3v) is 5.01. The van der Waals surface area contributed by atoms with E-state index >= 15 is 0 Å². The van der Waals surface area contributed by atoms with Crippen molar-refractivity contribution in [3.63, 3.8) is 0 Å². The van der Waals surface area contributed by atoms with Crippen LogP contribution in [0.1, 0.15) is 37.0 Å². The highest BCUT2D eigenvalue weighted by molar-refractivity contribution is 6.01. The van der Waals surface area contributed by atoms with Crippen LogP contribution in [0.15, 0.2) is 59.8 Å². The van der Waals surface area contributed by atoms with Gasteiger partial charge in [-0.2, -0.15) is 0 Å². The molecule has 0 aromatic heterocycles. The van der Waals surface area contributed by atoms with Crippen molar-refractivity contribution >= 4 is 5.71 Å². The zero-order valence-corrected chi connectivity index (χ0v) is 19.6. The third-order valence-electron chi connectivity index (χ3n) is 5.01. The van der Waals surface area contributed by atoms with E-state index in [9.17, 15) is 0 Å². The van der Waals surface area contributed by atoms with Crippen molar-refractivity contribution in [3.8, 4) is 11.5 Å². The number of nitrogens with zero attached hydrogens (tertiary/aromatic N) is 2. The van der Waals surface area contributed by atoms with Gasteiger partial charge >= 0.3 is 0 Å².